The zero-order valence-electron chi connectivity index (χ0n) is 16.3. The molecule has 2 aromatic carbocycles. The molecule has 0 bridgehead atoms. The highest BCUT2D eigenvalue weighted by molar-refractivity contribution is 7.92. The van der Waals surface area contributed by atoms with E-state index in [1.807, 2.05) is 36.9 Å². The fourth-order valence-corrected chi connectivity index (χ4v) is 5.13. The second-order valence-electron chi connectivity index (χ2n) is 7.84. The molecule has 1 amide bonds. The monoisotopic (exact) mass is 398 g/mol. The molecule has 1 heterocycles. The summed E-state index contributed by atoms with van der Waals surface area (Å²) in [6.07, 6.45) is 4.57. The predicted octanol–water partition coefficient (Wildman–Crippen LogP) is 4.13. The Hall–Kier alpha value is -2.34. The van der Waals surface area contributed by atoms with Gasteiger partial charge in [0.15, 0.2) is 0 Å². The summed E-state index contributed by atoms with van der Waals surface area (Å²) in [5, 5.41) is 0. The van der Waals surface area contributed by atoms with Crippen LogP contribution in [-0.2, 0) is 27.7 Å². The van der Waals surface area contributed by atoms with Crippen LogP contribution in [0.15, 0.2) is 47.4 Å². The fraction of sp³-hybridized carbons (Fsp3) is 0.409. The Morgan fingerprint density at radius 3 is 2.64 bits per heavy atom. The van der Waals surface area contributed by atoms with Crippen LogP contribution in [0.2, 0.25) is 0 Å². The highest BCUT2D eigenvalue weighted by Gasteiger charge is 2.37. The SMILES string of the molecule is CCc1cccc(NS(=O)(=O)c2ccc3c(c2)CC(C)N3C(=O)C2CCC2)c1. The van der Waals surface area contributed by atoms with Crippen molar-refractivity contribution in [1.29, 1.82) is 0 Å². The molecule has 1 aliphatic heterocycles. The van der Waals surface area contributed by atoms with Gasteiger partial charge in [0.05, 0.1) is 4.90 Å². The maximum Gasteiger partial charge on any atom is 0.261 e. The van der Waals surface area contributed by atoms with E-state index in [1.54, 1.807) is 24.3 Å². The van der Waals surface area contributed by atoms with Crippen LogP contribution in [0.25, 0.3) is 0 Å². The normalized spacial score (nSPS) is 19.2. The molecule has 1 fully saturated rings. The van der Waals surface area contributed by atoms with Crippen molar-refractivity contribution in [2.45, 2.75) is 56.9 Å². The van der Waals surface area contributed by atoms with Crippen molar-refractivity contribution >= 4 is 27.3 Å². The minimum atomic E-state index is -3.68. The molecule has 0 spiro atoms. The van der Waals surface area contributed by atoms with Gasteiger partial charge in [0, 0.05) is 23.3 Å². The first-order chi connectivity index (χ1) is 13.4. The number of anilines is 2. The second kappa shape index (κ2) is 7.24. The van der Waals surface area contributed by atoms with Crippen LogP contribution >= 0.6 is 0 Å². The Bertz CT molecular complexity index is 1010. The number of nitrogens with zero attached hydrogens (tertiary/aromatic N) is 1. The summed E-state index contributed by atoms with van der Waals surface area (Å²) in [5.74, 6) is 0.312. The van der Waals surface area contributed by atoms with Crippen molar-refractivity contribution in [2.24, 2.45) is 5.92 Å². The lowest BCUT2D eigenvalue weighted by Crippen LogP contribution is -2.42. The maximum absolute atomic E-state index is 12.9. The summed E-state index contributed by atoms with van der Waals surface area (Å²) >= 11 is 0. The molecule has 28 heavy (non-hydrogen) atoms. The van der Waals surface area contributed by atoms with Gasteiger partial charge in [-0.3, -0.25) is 9.52 Å². The van der Waals surface area contributed by atoms with Gasteiger partial charge in [-0.25, -0.2) is 8.42 Å². The Morgan fingerprint density at radius 2 is 1.96 bits per heavy atom. The number of hydrogen-bond acceptors (Lipinski definition) is 3. The maximum atomic E-state index is 12.9. The van der Waals surface area contributed by atoms with Gasteiger partial charge in [0.2, 0.25) is 5.91 Å². The van der Waals surface area contributed by atoms with E-state index < -0.39 is 10.0 Å². The molecule has 2 aliphatic rings. The average Bonchev–Trinajstić information content (AvgIpc) is 2.94. The molecule has 0 aromatic heterocycles. The summed E-state index contributed by atoms with van der Waals surface area (Å²) in [6.45, 7) is 4.06. The molecule has 5 nitrogen and oxygen atoms in total. The van der Waals surface area contributed by atoms with Gasteiger partial charge in [0.1, 0.15) is 0 Å². The van der Waals surface area contributed by atoms with Crippen molar-refractivity contribution < 1.29 is 13.2 Å². The minimum Gasteiger partial charge on any atom is -0.309 e. The van der Waals surface area contributed by atoms with E-state index in [9.17, 15) is 13.2 Å². The first kappa shape index (κ1) is 19.0. The van der Waals surface area contributed by atoms with Crippen molar-refractivity contribution in [3.63, 3.8) is 0 Å². The molecule has 0 radical (unpaired) electrons. The molecule has 1 atom stereocenters. The predicted molar refractivity (Wildman–Crippen MR) is 111 cm³/mol. The van der Waals surface area contributed by atoms with Crippen molar-refractivity contribution in [1.82, 2.24) is 0 Å². The van der Waals surface area contributed by atoms with Crippen molar-refractivity contribution in [3.05, 3.63) is 53.6 Å². The van der Waals surface area contributed by atoms with Gasteiger partial charge in [-0.15, -0.1) is 0 Å². The van der Waals surface area contributed by atoms with Gasteiger partial charge in [-0.05, 0) is 74.1 Å². The van der Waals surface area contributed by atoms with Crippen LogP contribution in [0, 0.1) is 5.92 Å². The van der Waals surface area contributed by atoms with Gasteiger partial charge in [-0.1, -0.05) is 25.5 Å². The molecular formula is C22H26N2O3S. The molecule has 1 N–H and O–H groups in total. The van der Waals surface area contributed by atoms with E-state index in [-0.39, 0.29) is 22.8 Å². The fourth-order valence-electron chi connectivity index (χ4n) is 4.03. The lowest BCUT2D eigenvalue weighted by molar-refractivity contribution is -0.125. The molecule has 4 rings (SSSR count). The molecule has 0 saturated heterocycles. The largest absolute Gasteiger partial charge is 0.309 e. The number of amides is 1. The number of hydrogen-bond donors (Lipinski definition) is 1. The Kier molecular flexibility index (Phi) is 4.91. The van der Waals surface area contributed by atoms with Crippen LogP contribution in [0.3, 0.4) is 0 Å². The number of fused-ring (bicyclic) bond motifs is 1. The quantitative estimate of drug-likeness (QED) is 0.824. The Morgan fingerprint density at radius 1 is 1.18 bits per heavy atom. The van der Waals surface area contributed by atoms with E-state index in [1.165, 1.54) is 0 Å². The third-order valence-corrected chi connectivity index (χ3v) is 7.24. The molecule has 6 heteroatoms. The molecule has 2 aromatic rings. The summed E-state index contributed by atoms with van der Waals surface area (Å²) in [5.41, 5.74) is 3.42. The van der Waals surface area contributed by atoms with E-state index in [4.69, 9.17) is 0 Å². The van der Waals surface area contributed by atoms with Gasteiger partial charge in [0.25, 0.3) is 10.0 Å². The number of benzene rings is 2. The lowest BCUT2D eigenvalue weighted by atomic mass is 9.84. The average molecular weight is 399 g/mol. The van der Waals surface area contributed by atoms with Crippen molar-refractivity contribution in [3.8, 4) is 0 Å². The van der Waals surface area contributed by atoms with E-state index in [0.717, 1.165) is 42.5 Å². The highest BCUT2D eigenvalue weighted by atomic mass is 32.2. The first-order valence-electron chi connectivity index (χ1n) is 9.97. The highest BCUT2D eigenvalue weighted by Crippen LogP contribution is 2.38. The number of aryl methyl sites for hydroxylation is 1. The Labute approximate surface area is 166 Å². The summed E-state index contributed by atoms with van der Waals surface area (Å²) in [6, 6.07) is 12.6. The molecule has 1 aliphatic carbocycles. The second-order valence-corrected chi connectivity index (χ2v) is 9.52. The summed E-state index contributed by atoms with van der Waals surface area (Å²) < 4.78 is 28.4. The molecule has 148 valence electrons. The van der Waals surface area contributed by atoms with Gasteiger partial charge < -0.3 is 4.90 Å². The van der Waals surface area contributed by atoms with Crippen LogP contribution in [-0.4, -0.2) is 20.4 Å². The van der Waals surface area contributed by atoms with Crippen LogP contribution < -0.4 is 9.62 Å². The van der Waals surface area contributed by atoms with Crippen LogP contribution in [0.1, 0.15) is 44.2 Å². The zero-order valence-corrected chi connectivity index (χ0v) is 17.1. The number of rotatable bonds is 5. The number of carbonyl (C=O) groups is 1. The van der Waals surface area contributed by atoms with E-state index in [0.29, 0.717) is 12.1 Å². The smallest absolute Gasteiger partial charge is 0.261 e. The zero-order chi connectivity index (χ0) is 19.9. The third kappa shape index (κ3) is 3.41. The Balaban J connectivity index is 1.60. The lowest BCUT2D eigenvalue weighted by Gasteiger charge is -2.32. The number of nitrogens with one attached hydrogen (secondary N) is 1. The summed E-state index contributed by atoms with van der Waals surface area (Å²) in [7, 11) is -3.68. The number of sulfonamides is 1. The third-order valence-electron chi connectivity index (χ3n) is 5.86. The standard InChI is InChI=1S/C22H26N2O3S/c1-3-16-6-4-9-19(13-16)23-28(26,27)20-10-11-21-18(14-20)12-15(2)24(21)22(25)17-7-5-8-17/h4,6,9-11,13-15,17,23H,3,5,7-8,12H2,1-2H3. The van der Waals surface area contributed by atoms with Gasteiger partial charge >= 0.3 is 0 Å². The number of carbonyl (C=O) groups excluding carboxylic acids is 1. The van der Waals surface area contributed by atoms with Crippen LogP contribution in [0.5, 0.6) is 0 Å². The van der Waals surface area contributed by atoms with Crippen LogP contribution in [0.4, 0.5) is 11.4 Å². The van der Waals surface area contributed by atoms with E-state index in [2.05, 4.69) is 4.72 Å². The van der Waals surface area contributed by atoms with E-state index >= 15 is 0 Å². The molecular weight excluding hydrogens is 372 g/mol. The van der Waals surface area contributed by atoms with Crippen molar-refractivity contribution in [2.75, 3.05) is 9.62 Å². The molecule has 1 saturated carbocycles. The van der Waals surface area contributed by atoms with Gasteiger partial charge in [-0.2, -0.15) is 0 Å². The summed E-state index contributed by atoms with van der Waals surface area (Å²) in [4.78, 5) is 14.9. The first-order valence-corrected chi connectivity index (χ1v) is 11.4. The topological polar surface area (TPSA) is 66.5 Å². The molecule has 1 unspecified atom stereocenters. The minimum absolute atomic E-state index is 0.0650.